The minimum Gasteiger partial charge on any atom is -0.457 e. The topological polar surface area (TPSA) is 192 Å². The van der Waals surface area contributed by atoms with Crippen LogP contribution in [0.2, 0.25) is 0 Å². The van der Waals surface area contributed by atoms with Crippen molar-refractivity contribution in [3.8, 4) is 0 Å². The molecule has 1 fully saturated rings. The van der Waals surface area contributed by atoms with E-state index in [9.17, 15) is 39.8 Å². The summed E-state index contributed by atoms with van der Waals surface area (Å²) in [6.45, 7) is 4.14. The van der Waals surface area contributed by atoms with Gasteiger partial charge in [0.05, 0.1) is 13.2 Å². The molecule has 0 amide bonds. The van der Waals surface area contributed by atoms with Gasteiger partial charge >= 0.3 is 13.8 Å². The number of aliphatic hydroxyl groups is 5. The summed E-state index contributed by atoms with van der Waals surface area (Å²) >= 11 is 0. The molecule has 6 unspecified atom stereocenters. The number of hydrogen-bond acceptors (Lipinski definition) is 11. The molecule has 72 heavy (non-hydrogen) atoms. The lowest BCUT2D eigenvalue weighted by Crippen LogP contribution is -2.64. The molecule has 1 saturated carbocycles. The van der Waals surface area contributed by atoms with Crippen LogP contribution in [0.15, 0.2) is 85.1 Å². The Morgan fingerprint density at radius 1 is 0.458 bits per heavy atom. The first-order valence-electron chi connectivity index (χ1n) is 28.4. The van der Waals surface area contributed by atoms with Crippen LogP contribution in [0.5, 0.6) is 0 Å². The lowest BCUT2D eigenvalue weighted by molar-refractivity contribution is -0.220. The second kappa shape index (κ2) is 48.2. The van der Waals surface area contributed by atoms with Gasteiger partial charge in [-0.15, -0.1) is 0 Å². The fourth-order valence-electron chi connectivity index (χ4n) is 8.30. The molecule has 0 spiro atoms. The molecule has 0 aliphatic heterocycles. The van der Waals surface area contributed by atoms with Crippen molar-refractivity contribution in [2.45, 2.75) is 262 Å². The first-order valence-corrected chi connectivity index (χ1v) is 29.9. The van der Waals surface area contributed by atoms with Gasteiger partial charge in [0.25, 0.3) is 0 Å². The summed E-state index contributed by atoms with van der Waals surface area (Å²) in [5, 5.41) is 50.4. The molecule has 0 heterocycles. The van der Waals surface area contributed by atoms with Gasteiger partial charge in [0.15, 0.2) is 0 Å². The van der Waals surface area contributed by atoms with Crippen LogP contribution in [0.1, 0.15) is 219 Å². The smallest absolute Gasteiger partial charge is 0.457 e. The molecule has 0 bridgehead atoms. The zero-order valence-electron chi connectivity index (χ0n) is 45.0. The molecule has 1 aliphatic rings. The summed E-state index contributed by atoms with van der Waals surface area (Å²) in [4.78, 5) is 23.3. The van der Waals surface area contributed by atoms with Gasteiger partial charge in [-0.2, -0.15) is 0 Å². The van der Waals surface area contributed by atoms with E-state index in [4.69, 9.17) is 18.5 Å². The molecule has 0 aromatic heterocycles. The average molecular weight is 1040 g/mol. The van der Waals surface area contributed by atoms with Crippen molar-refractivity contribution in [2.24, 2.45) is 0 Å². The van der Waals surface area contributed by atoms with E-state index in [0.717, 1.165) is 83.5 Å². The van der Waals surface area contributed by atoms with Crippen LogP contribution in [-0.4, -0.2) is 98.9 Å². The van der Waals surface area contributed by atoms with Crippen molar-refractivity contribution < 1.29 is 58.3 Å². The molecular formula is C59H103O12P. The number of phosphoric ester groups is 1. The third-order valence-electron chi connectivity index (χ3n) is 12.8. The molecule has 0 radical (unpaired) electrons. The minimum absolute atomic E-state index is 0.0922. The molecule has 1 rings (SSSR count). The molecule has 1 aliphatic carbocycles. The lowest BCUT2D eigenvalue weighted by atomic mass is 9.85. The predicted molar refractivity (Wildman–Crippen MR) is 294 cm³/mol. The normalized spacial score (nSPS) is 21.3. The fourth-order valence-corrected chi connectivity index (χ4v) is 9.27. The number of esters is 1. The van der Waals surface area contributed by atoms with Crippen LogP contribution in [-0.2, 0) is 27.9 Å². The minimum atomic E-state index is -5.04. The first kappa shape index (κ1) is 67.5. The summed E-state index contributed by atoms with van der Waals surface area (Å²) in [7, 11) is -5.04. The predicted octanol–water partition coefficient (Wildman–Crippen LogP) is 13.7. The fraction of sp³-hybridized carbons (Fsp3) is 0.746. The molecule has 13 heteroatoms. The average Bonchev–Trinajstić information content (AvgIpc) is 3.37. The van der Waals surface area contributed by atoms with Crippen molar-refractivity contribution >= 4 is 13.8 Å². The van der Waals surface area contributed by atoms with Gasteiger partial charge in [0.1, 0.15) is 42.7 Å². The number of aliphatic hydroxyl groups excluding tert-OH is 5. The number of hydrogen-bond donors (Lipinski definition) is 6. The van der Waals surface area contributed by atoms with Gasteiger partial charge in [-0.1, -0.05) is 208 Å². The van der Waals surface area contributed by atoms with Crippen LogP contribution in [0.25, 0.3) is 0 Å². The van der Waals surface area contributed by atoms with Gasteiger partial charge in [-0.3, -0.25) is 13.8 Å². The van der Waals surface area contributed by atoms with Crippen molar-refractivity contribution in [1.82, 2.24) is 0 Å². The highest BCUT2D eigenvalue weighted by Crippen LogP contribution is 2.47. The Bertz CT molecular complexity index is 1510. The highest BCUT2D eigenvalue weighted by molar-refractivity contribution is 7.47. The maximum atomic E-state index is 12.9. The molecule has 416 valence electrons. The monoisotopic (exact) mass is 1030 g/mol. The number of allylic oxidation sites excluding steroid dienone is 14. The Labute approximate surface area is 437 Å². The zero-order chi connectivity index (χ0) is 52.6. The van der Waals surface area contributed by atoms with E-state index in [1.54, 1.807) is 0 Å². The maximum Gasteiger partial charge on any atom is 0.472 e. The van der Waals surface area contributed by atoms with E-state index in [1.165, 1.54) is 109 Å². The standard InChI is InChI=1S/C59H103O12P/c1-3-5-7-9-11-13-15-17-19-21-23-25-27-28-30-32-34-36-38-40-42-44-46-48-53(60)70-52(51-69-72(66,67)71-59-57(64)55(62)54(61)56(63)58(59)65)50-68-49-47-45-43-41-39-37-35-33-31-29-26-24-22-20-18-16-14-12-10-8-6-4-2/h5,7,11,13,17,19,22-25,28,30,34,36,52,54-59,61-65H,3-4,6,8-10,12,14-16,18,20-21,26-27,29,31-33,35,37-51H2,1-2H3,(H,66,67)/b7-5-,13-11-,19-17-,24-22-,25-23-,30-28-,36-34-. The van der Waals surface area contributed by atoms with Gasteiger partial charge in [0.2, 0.25) is 0 Å². The lowest BCUT2D eigenvalue weighted by Gasteiger charge is -2.41. The highest BCUT2D eigenvalue weighted by Gasteiger charge is 2.51. The molecular weight excluding hydrogens is 932 g/mol. The quantitative estimate of drug-likeness (QED) is 0.0146. The third kappa shape index (κ3) is 39.0. The number of unbranched alkanes of at least 4 members (excludes halogenated alkanes) is 22. The van der Waals surface area contributed by atoms with E-state index >= 15 is 0 Å². The molecule has 6 atom stereocenters. The van der Waals surface area contributed by atoms with E-state index in [1.807, 2.05) is 0 Å². The molecule has 6 N–H and O–H groups in total. The van der Waals surface area contributed by atoms with Gasteiger partial charge in [-0.25, -0.2) is 4.57 Å². The van der Waals surface area contributed by atoms with E-state index < -0.39 is 63.1 Å². The Morgan fingerprint density at radius 2 is 0.819 bits per heavy atom. The first-order chi connectivity index (χ1) is 35.0. The van der Waals surface area contributed by atoms with Crippen molar-refractivity contribution in [2.75, 3.05) is 19.8 Å². The second-order valence-electron chi connectivity index (χ2n) is 19.4. The molecule has 12 nitrogen and oxygen atoms in total. The van der Waals surface area contributed by atoms with Crippen LogP contribution < -0.4 is 0 Å². The van der Waals surface area contributed by atoms with Crippen molar-refractivity contribution in [3.05, 3.63) is 85.1 Å². The van der Waals surface area contributed by atoms with Crippen LogP contribution in [0.4, 0.5) is 0 Å². The van der Waals surface area contributed by atoms with E-state index in [-0.39, 0.29) is 13.0 Å². The van der Waals surface area contributed by atoms with E-state index in [2.05, 4.69) is 98.9 Å². The van der Waals surface area contributed by atoms with Gasteiger partial charge in [-0.05, 0) is 89.9 Å². The largest absolute Gasteiger partial charge is 0.472 e. The third-order valence-corrected chi connectivity index (χ3v) is 13.7. The summed E-state index contributed by atoms with van der Waals surface area (Å²) in [6, 6.07) is 0. The van der Waals surface area contributed by atoms with Crippen LogP contribution >= 0.6 is 7.82 Å². The highest BCUT2D eigenvalue weighted by atomic mass is 31.2. The molecule has 0 aromatic carbocycles. The van der Waals surface area contributed by atoms with Crippen LogP contribution in [0.3, 0.4) is 0 Å². The number of ether oxygens (including phenoxy) is 2. The van der Waals surface area contributed by atoms with Gasteiger partial charge in [0, 0.05) is 13.0 Å². The second-order valence-corrected chi connectivity index (χ2v) is 20.8. The molecule has 0 saturated heterocycles. The maximum absolute atomic E-state index is 12.9. The molecule has 0 aromatic rings. The number of carbonyl (C=O) groups excluding carboxylic acids is 1. The summed E-state index contributed by atoms with van der Waals surface area (Å²) in [5.74, 6) is -0.502. The summed E-state index contributed by atoms with van der Waals surface area (Å²) in [6.07, 6.45) is 53.6. The summed E-state index contributed by atoms with van der Waals surface area (Å²) in [5.41, 5.74) is 0. The Balaban J connectivity index is 2.33. The van der Waals surface area contributed by atoms with Crippen LogP contribution in [0, 0.1) is 0 Å². The summed E-state index contributed by atoms with van der Waals surface area (Å²) < 4.78 is 34.4. The Hall–Kier alpha value is -2.48. The van der Waals surface area contributed by atoms with Crippen molar-refractivity contribution in [1.29, 1.82) is 0 Å². The number of carbonyl (C=O) groups is 1. The Kier molecular flexibility index (Phi) is 45.2. The van der Waals surface area contributed by atoms with Crippen molar-refractivity contribution in [3.63, 3.8) is 0 Å². The Morgan fingerprint density at radius 3 is 1.26 bits per heavy atom. The van der Waals surface area contributed by atoms with Gasteiger partial charge < -0.3 is 39.9 Å². The number of rotatable bonds is 48. The SMILES string of the molecule is CC/C=C\C/C=C\C/C=C\C/C=C\C/C=C\C/C=C\CCCCCCC(=O)OC(COCCCCCCCCCCCC/C=C\CCCCCCCCCC)COP(=O)(O)OC1C(O)C(O)C(O)C(O)C1O. The number of phosphoric acid groups is 1. The van der Waals surface area contributed by atoms with E-state index in [0.29, 0.717) is 13.0 Å². The zero-order valence-corrected chi connectivity index (χ0v) is 45.8.